The molecule has 2 aromatic heterocycles. The van der Waals surface area contributed by atoms with Gasteiger partial charge in [0.2, 0.25) is 5.91 Å². The van der Waals surface area contributed by atoms with Crippen LogP contribution in [0.3, 0.4) is 0 Å². The minimum Gasteiger partial charge on any atom is -0.340 e. The number of imidazole rings is 1. The molecule has 1 aliphatic heterocycles. The lowest BCUT2D eigenvalue weighted by Gasteiger charge is -2.34. The van der Waals surface area contributed by atoms with Gasteiger partial charge in [0.1, 0.15) is 0 Å². The van der Waals surface area contributed by atoms with Crippen molar-refractivity contribution in [2.75, 3.05) is 26.2 Å². The summed E-state index contributed by atoms with van der Waals surface area (Å²) in [5, 5.41) is 2.81. The summed E-state index contributed by atoms with van der Waals surface area (Å²) in [6, 6.07) is 7.89. The van der Waals surface area contributed by atoms with Gasteiger partial charge >= 0.3 is 0 Å². The summed E-state index contributed by atoms with van der Waals surface area (Å²) in [6.07, 6.45) is 4.25. The zero-order chi connectivity index (χ0) is 18.4. The molecule has 5 nitrogen and oxygen atoms in total. The molecule has 1 aromatic carbocycles. The highest BCUT2D eigenvalue weighted by molar-refractivity contribution is 7.15. The third kappa shape index (κ3) is 3.37. The maximum absolute atomic E-state index is 12.3. The van der Waals surface area contributed by atoms with Gasteiger partial charge in [-0.3, -0.25) is 14.1 Å². The summed E-state index contributed by atoms with van der Waals surface area (Å²) in [7, 11) is 0. The summed E-state index contributed by atoms with van der Waals surface area (Å²) >= 11 is 7.70. The Balaban J connectivity index is 1.37. The number of thiazole rings is 1. The van der Waals surface area contributed by atoms with Crippen molar-refractivity contribution in [2.24, 2.45) is 5.92 Å². The van der Waals surface area contributed by atoms with Crippen molar-refractivity contribution in [1.82, 2.24) is 19.2 Å². The van der Waals surface area contributed by atoms with Gasteiger partial charge in [-0.2, -0.15) is 0 Å². The first-order chi connectivity index (χ1) is 13.2. The van der Waals surface area contributed by atoms with Gasteiger partial charge in [0.05, 0.1) is 11.4 Å². The van der Waals surface area contributed by atoms with E-state index in [0.29, 0.717) is 11.8 Å². The lowest BCUT2D eigenvalue weighted by atomic mass is 10.1. The number of benzene rings is 1. The molecule has 0 N–H and O–H groups in total. The van der Waals surface area contributed by atoms with Crippen LogP contribution in [-0.4, -0.2) is 51.3 Å². The molecule has 1 saturated heterocycles. The third-order valence-corrected chi connectivity index (χ3v) is 6.47. The van der Waals surface area contributed by atoms with Gasteiger partial charge < -0.3 is 4.90 Å². The second kappa shape index (κ2) is 6.93. The predicted molar refractivity (Wildman–Crippen MR) is 108 cm³/mol. The van der Waals surface area contributed by atoms with E-state index >= 15 is 0 Å². The summed E-state index contributed by atoms with van der Waals surface area (Å²) < 4.78 is 2.19. The average molecular weight is 401 g/mol. The molecule has 0 atom stereocenters. The highest BCUT2D eigenvalue weighted by atomic mass is 35.5. The topological polar surface area (TPSA) is 40.9 Å². The molecule has 0 bridgehead atoms. The fourth-order valence-corrected chi connectivity index (χ4v) is 4.61. The summed E-state index contributed by atoms with van der Waals surface area (Å²) in [4.78, 5) is 22.6. The van der Waals surface area contributed by atoms with E-state index in [9.17, 15) is 4.79 Å². The second-order valence-corrected chi connectivity index (χ2v) is 8.65. The Labute approximate surface area is 167 Å². The molecule has 1 aliphatic carbocycles. The molecular weight excluding hydrogens is 380 g/mol. The maximum Gasteiger partial charge on any atom is 0.225 e. The van der Waals surface area contributed by atoms with E-state index < -0.39 is 0 Å². The van der Waals surface area contributed by atoms with Gasteiger partial charge in [-0.25, -0.2) is 4.98 Å². The van der Waals surface area contributed by atoms with Crippen LogP contribution in [0, 0.1) is 5.92 Å². The second-order valence-electron chi connectivity index (χ2n) is 7.35. The number of carbonyl (C=O) groups excluding carboxylic acids is 1. The van der Waals surface area contributed by atoms with Crippen molar-refractivity contribution in [3.63, 3.8) is 0 Å². The largest absolute Gasteiger partial charge is 0.340 e. The number of carbonyl (C=O) groups is 1. The molecule has 0 radical (unpaired) electrons. The SMILES string of the molecule is O=C(C1CC1)N1CCN(Cc2c(-c3ccc(Cl)cc3)nc3sccn23)CC1. The number of hydrogen-bond acceptors (Lipinski definition) is 4. The molecule has 2 aliphatic rings. The lowest BCUT2D eigenvalue weighted by molar-refractivity contribution is -0.134. The minimum absolute atomic E-state index is 0.313. The van der Waals surface area contributed by atoms with E-state index in [-0.39, 0.29) is 0 Å². The molecule has 3 heterocycles. The van der Waals surface area contributed by atoms with Crippen molar-refractivity contribution in [1.29, 1.82) is 0 Å². The highest BCUT2D eigenvalue weighted by Gasteiger charge is 2.34. The Kier molecular flexibility index (Phi) is 4.42. The van der Waals surface area contributed by atoms with Crippen LogP contribution in [0.25, 0.3) is 16.2 Å². The van der Waals surface area contributed by atoms with Gasteiger partial charge in [0, 0.05) is 60.8 Å². The minimum atomic E-state index is 0.313. The Morgan fingerprint density at radius 3 is 2.59 bits per heavy atom. The summed E-state index contributed by atoms with van der Waals surface area (Å²) in [6.45, 7) is 4.32. The first kappa shape index (κ1) is 17.2. The van der Waals surface area contributed by atoms with Crippen molar-refractivity contribution >= 4 is 33.8 Å². The molecular formula is C20H21ClN4OS. The first-order valence-electron chi connectivity index (χ1n) is 9.40. The van der Waals surface area contributed by atoms with Crippen LogP contribution in [0.5, 0.6) is 0 Å². The van der Waals surface area contributed by atoms with Crippen LogP contribution in [0.4, 0.5) is 0 Å². The Morgan fingerprint density at radius 1 is 1.15 bits per heavy atom. The van der Waals surface area contributed by atoms with Gasteiger partial charge in [-0.15, -0.1) is 11.3 Å². The fourth-order valence-electron chi connectivity index (χ4n) is 3.75. The highest BCUT2D eigenvalue weighted by Crippen LogP contribution is 2.32. The molecule has 0 unspecified atom stereocenters. The summed E-state index contributed by atoms with van der Waals surface area (Å²) in [5.74, 6) is 0.675. The van der Waals surface area contributed by atoms with Gasteiger partial charge in [0.25, 0.3) is 0 Å². The molecule has 7 heteroatoms. The maximum atomic E-state index is 12.3. The van der Waals surface area contributed by atoms with E-state index in [4.69, 9.17) is 16.6 Å². The monoisotopic (exact) mass is 400 g/mol. The Bertz CT molecular complexity index is 968. The zero-order valence-electron chi connectivity index (χ0n) is 15.0. The quantitative estimate of drug-likeness (QED) is 0.669. The van der Waals surface area contributed by atoms with Crippen LogP contribution >= 0.6 is 22.9 Å². The van der Waals surface area contributed by atoms with Crippen LogP contribution in [0.15, 0.2) is 35.8 Å². The van der Waals surface area contributed by atoms with Crippen LogP contribution in [-0.2, 0) is 11.3 Å². The van der Waals surface area contributed by atoms with Crippen molar-refractivity contribution in [3.8, 4) is 11.3 Å². The molecule has 5 rings (SSSR count). The van der Waals surface area contributed by atoms with Gasteiger partial charge in [-0.1, -0.05) is 23.7 Å². The molecule has 140 valence electrons. The number of amides is 1. The molecule has 2 fully saturated rings. The van der Waals surface area contributed by atoms with Crippen LogP contribution < -0.4 is 0 Å². The molecule has 3 aromatic rings. The number of rotatable bonds is 4. The number of piperazine rings is 1. The number of nitrogens with zero attached hydrogens (tertiary/aromatic N) is 4. The van der Waals surface area contributed by atoms with E-state index in [0.717, 1.165) is 66.8 Å². The normalized spacial score (nSPS) is 18.3. The van der Waals surface area contributed by atoms with Crippen LogP contribution in [0.2, 0.25) is 5.02 Å². The Hall–Kier alpha value is -1.89. The molecule has 27 heavy (non-hydrogen) atoms. The van der Waals surface area contributed by atoms with Gasteiger partial charge in [-0.05, 0) is 25.0 Å². The van der Waals surface area contributed by atoms with E-state index in [1.807, 2.05) is 29.2 Å². The first-order valence-corrected chi connectivity index (χ1v) is 10.7. The van der Waals surface area contributed by atoms with Crippen molar-refractivity contribution in [3.05, 3.63) is 46.6 Å². The number of hydrogen-bond donors (Lipinski definition) is 0. The van der Waals surface area contributed by atoms with Gasteiger partial charge in [0.15, 0.2) is 4.96 Å². The van der Waals surface area contributed by atoms with E-state index in [1.165, 1.54) is 5.69 Å². The predicted octanol–water partition coefficient (Wildman–Crippen LogP) is 3.77. The molecule has 1 amide bonds. The van der Waals surface area contributed by atoms with Crippen molar-refractivity contribution < 1.29 is 4.79 Å². The van der Waals surface area contributed by atoms with Crippen molar-refractivity contribution in [2.45, 2.75) is 19.4 Å². The number of halogens is 1. The summed E-state index contributed by atoms with van der Waals surface area (Å²) in [5.41, 5.74) is 3.32. The lowest BCUT2D eigenvalue weighted by Crippen LogP contribution is -2.48. The van der Waals surface area contributed by atoms with E-state index in [1.54, 1.807) is 11.3 Å². The fraction of sp³-hybridized carbons (Fsp3) is 0.400. The average Bonchev–Trinajstić information content (AvgIpc) is 3.35. The molecule has 0 spiro atoms. The third-order valence-electron chi connectivity index (χ3n) is 5.46. The molecule has 1 saturated carbocycles. The van der Waals surface area contributed by atoms with E-state index in [2.05, 4.69) is 20.9 Å². The zero-order valence-corrected chi connectivity index (χ0v) is 16.5. The smallest absolute Gasteiger partial charge is 0.225 e. The number of aromatic nitrogens is 2. The van der Waals surface area contributed by atoms with Crippen LogP contribution in [0.1, 0.15) is 18.5 Å². The standard InChI is InChI=1S/C20H21ClN4OS/c21-16-5-3-14(4-6-16)18-17(25-11-12-27-20(25)22-18)13-23-7-9-24(10-8-23)19(26)15-1-2-15/h3-6,11-12,15H,1-2,7-10,13H2. The Morgan fingerprint density at radius 2 is 1.89 bits per heavy atom. The number of fused-ring (bicyclic) bond motifs is 1.